The van der Waals surface area contributed by atoms with Gasteiger partial charge in [-0.25, -0.2) is 4.39 Å². The molecule has 4 heteroatoms. The second-order valence-electron chi connectivity index (χ2n) is 4.96. The summed E-state index contributed by atoms with van der Waals surface area (Å²) in [6.45, 7) is 5.03. The Morgan fingerprint density at radius 2 is 2.06 bits per heavy atom. The van der Waals surface area contributed by atoms with E-state index in [1.54, 1.807) is 6.07 Å². The van der Waals surface area contributed by atoms with Crippen LogP contribution in [0.5, 0.6) is 0 Å². The molecule has 0 spiro atoms. The average molecular weight is 318 g/mol. The molecule has 1 atom stereocenters. The Morgan fingerprint density at radius 3 is 2.61 bits per heavy atom. The molecule has 0 aliphatic carbocycles. The topological polar surface area (TPSA) is 23.5 Å². The number of nitrogens with zero attached hydrogens (tertiary/aromatic N) is 1. The molecule has 0 aliphatic rings. The van der Waals surface area contributed by atoms with E-state index >= 15 is 0 Å². The Morgan fingerprint density at radius 1 is 1.39 bits per heavy atom. The Bertz CT molecular complexity index is 384. The Kier molecular flexibility index (Phi) is 6.26. The fourth-order valence-electron chi connectivity index (χ4n) is 2.06. The van der Waals surface area contributed by atoms with Gasteiger partial charge in [0, 0.05) is 17.1 Å². The van der Waals surface area contributed by atoms with Crippen LogP contribution in [0.2, 0.25) is 0 Å². The van der Waals surface area contributed by atoms with E-state index < -0.39 is 0 Å². The maximum Gasteiger partial charge on any atom is 0.126 e. The third kappa shape index (κ3) is 4.34. The van der Waals surface area contributed by atoms with E-state index in [4.69, 9.17) is 0 Å². The number of likely N-dealkylation sites (N-methyl/N-ethyl adjacent to an activating group) is 1. The molecule has 0 heterocycles. The van der Waals surface area contributed by atoms with Gasteiger partial charge in [0.15, 0.2) is 0 Å². The van der Waals surface area contributed by atoms with Gasteiger partial charge in [0.1, 0.15) is 5.82 Å². The smallest absolute Gasteiger partial charge is 0.126 e. The molecule has 1 N–H and O–H groups in total. The molecule has 0 aliphatic heterocycles. The summed E-state index contributed by atoms with van der Waals surface area (Å²) in [5.74, 6) is 0.212. The molecule has 0 bridgehead atoms. The molecule has 0 amide bonds. The lowest BCUT2D eigenvalue weighted by molar-refractivity contribution is 0.114. The number of hydrogen-bond acceptors (Lipinski definition) is 2. The van der Waals surface area contributed by atoms with Gasteiger partial charge in [0.25, 0.3) is 0 Å². The van der Waals surface area contributed by atoms with Crippen molar-refractivity contribution in [2.75, 3.05) is 20.2 Å². The van der Waals surface area contributed by atoms with Crippen molar-refractivity contribution in [3.63, 3.8) is 0 Å². The van der Waals surface area contributed by atoms with Gasteiger partial charge in [-0.1, -0.05) is 29.8 Å². The number of halogens is 2. The second-order valence-corrected chi connectivity index (χ2v) is 5.88. The SMILES string of the molecule is CC(C)C(CO)N(C)CCc1cc(Br)ccc1F. The highest BCUT2D eigenvalue weighted by Gasteiger charge is 2.17. The highest BCUT2D eigenvalue weighted by atomic mass is 79.9. The number of hydrogen-bond donors (Lipinski definition) is 1. The van der Waals surface area contributed by atoms with E-state index in [0.29, 0.717) is 17.9 Å². The van der Waals surface area contributed by atoms with Crippen LogP contribution in [-0.4, -0.2) is 36.2 Å². The Balaban J connectivity index is 2.61. The van der Waals surface area contributed by atoms with E-state index in [1.165, 1.54) is 6.07 Å². The lowest BCUT2D eigenvalue weighted by atomic mass is 10.0. The summed E-state index contributed by atoms with van der Waals surface area (Å²) in [7, 11) is 1.97. The Labute approximate surface area is 117 Å². The number of benzene rings is 1. The largest absolute Gasteiger partial charge is 0.395 e. The van der Waals surface area contributed by atoms with Gasteiger partial charge in [-0.15, -0.1) is 0 Å². The van der Waals surface area contributed by atoms with Gasteiger partial charge in [0.05, 0.1) is 6.61 Å². The van der Waals surface area contributed by atoms with E-state index in [1.807, 2.05) is 13.1 Å². The Hall–Kier alpha value is -0.450. The first-order valence-electron chi connectivity index (χ1n) is 6.20. The minimum atomic E-state index is -0.170. The highest BCUT2D eigenvalue weighted by molar-refractivity contribution is 9.10. The molecule has 1 rings (SSSR count). The first-order chi connectivity index (χ1) is 8.45. The maximum atomic E-state index is 13.6. The maximum absolute atomic E-state index is 13.6. The predicted octanol–water partition coefficient (Wildman–Crippen LogP) is 3.08. The zero-order valence-corrected chi connectivity index (χ0v) is 12.7. The molecule has 0 saturated heterocycles. The van der Waals surface area contributed by atoms with Gasteiger partial charge in [0.2, 0.25) is 0 Å². The molecular formula is C14H21BrFNO. The molecule has 0 aromatic heterocycles. The molecule has 0 saturated carbocycles. The van der Waals surface area contributed by atoms with Crippen LogP contribution in [-0.2, 0) is 6.42 Å². The van der Waals surface area contributed by atoms with Gasteiger partial charge in [-0.3, -0.25) is 0 Å². The third-order valence-electron chi connectivity index (χ3n) is 3.26. The summed E-state index contributed by atoms with van der Waals surface area (Å²) in [4.78, 5) is 2.09. The van der Waals surface area contributed by atoms with Crippen molar-refractivity contribution in [1.29, 1.82) is 0 Å². The van der Waals surface area contributed by atoms with Crippen molar-refractivity contribution in [1.82, 2.24) is 4.90 Å². The molecular weight excluding hydrogens is 297 g/mol. The molecule has 0 radical (unpaired) electrons. The minimum absolute atomic E-state index is 0.125. The van der Waals surface area contributed by atoms with E-state index in [2.05, 4.69) is 34.7 Å². The summed E-state index contributed by atoms with van der Waals surface area (Å²) < 4.78 is 14.5. The van der Waals surface area contributed by atoms with Gasteiger partial charge < -0.3 is 10.0 Å². The number of aliphatic hydroxyl groups is 1. The lowest BCUT2D eigenvalue weighted by Gasteiger charge is -2.29. The summed E-state index contributed by atoms with van der Waals surface area (Å²) in [6.07, 6.45) is 0.644. The standard InChI is InChI=1S/C14H21BrFNO/c1-10(2)14(9-18)17(3)7-6-11-8-12(15)4-5-13(11)16/h4-5,8,10,14,18H,6-7,9H2,1-3H3. The highest BCUT2D eigenvalue weighted by Crippen LogP contribution is 2.17. The quantitative estimate of drug-likeness (QED) is 0.871. The average Bonchev–Trinajstić information content (AvgIpc) is 2.30. The van der Waals surface area contributed by atoms with Crippen LogP contribution in [0.25, 0.3) is 0 Å². The normalized spacial score (nSPS) is 13.3. The van der Waals surface area contributed by atoms with Gasteiger partial charge in [-0.2, -0.15) is 0 Å². The van der Waals surface area contributed by atoms with Crippen LogP contribution in [0, 0.1) is 11.7 Å². The molecule has 102 valence electrons. The second kappa shape index (κ2) is 7.22. The first kappa shape index (κ1) is 15.6. The van der Waals surface area contributed by atoms with Crippen molar-refractivity contribution in [2.24, 2.45) is 5.92 Å². The van der Waals surface area contributed by atoms with Crippen LogP contribution in [0.3, 0.4) is 0 Å². The molecule has 0 fully saturated rings. The molecule has 18 heavy (non-hydrogen) atoms. The summed E-state index contributed by atoms with van der Waals surface area (Å²) in [5, 5.41) is 9.34. The van der Waals surface area contributed by atoms with E-state index in [-0.39, 0.29) is 18.5 Å². The zero-order chi connectivity index (χ0) is 13.7. The lowest BCUT2D eigenvalue weighted by Crippen LogP contribution is -2.40. The van der Waals surface area contributed by atoms with Gasteiger partial charge >= 0.3 is 0 Å². The monoisotopic (exact) mass is 317 g/mol. The van der Waals surface area contributed by atoms with Crippen LogP contribution in [0.15, 0.2) is 22.7 Å². The summed E-state index contributed by atoms with van der Waals surface area (Å²) >= 11 is 3.35. The van der Waals surface area contributed by atoms with E-state index in [0.717, 1.165) is 11.0 Å². The molecule has 1 aromatic rings. The van der Waals surface area contributed by atoms with Crippen LogP contribution < -0.4 is 0 Å². The van der Waals surface area contributed by atoms with Crippen molar-refractivity contribution >= 4 is 15.9 Å². The van der Waals surface area contributed by atoms with Crippen molar-refractivity contribution < 1.29 is 9.50 Å². The number of rotatable bonds is 6. The predicted molar refractivity (Wildman–Crippen MR) is 76.1 cm³/mol. The van der Waals surface area contributed by atoms with Crippen LogP contribution in [0.1, 0.15) is 19.4 Å². The van der Waals surface area contributed by atoms with Crippen LogP contribution in [0.4, 0.5) is 4.39 Å². The summed E-state index contributed by atoms with van der Waals surface area (Å²) in [6, 6.07) is 5.12. The molecule has 1 aromatic carbocycles. The van der Waals surface area contributed by atoms with Crippen molar-refractivity contribution in [2.45, 2.75) is 26.3 Å². The zero-order valence-electron chi connectivity index (χ0n) is 11.2. The minimum Gasteiger partial charge on any atom is -0.395 e. The van der Waals surface area contributed by atoms with Crippen molar-refractivity contribution in [3.05, 3.63) is 34.1 Å². The fourth-order valence-corrected chi connectivity index (χ4v) is 2.47. The molecule has 1 unspecified atom stereocenters. The summed E-state index contributed by atoms with van der Waals surface area (Å²) in [5.41, 5.74) is 0.705. The first-order valence-corrected chi connectivity index (χ1v) is 7.00. The van der Waals surface area contributed by atoms with Crippen molar-refractivity contribution in [3.8, 4) is 0 Å². The van der Waals surface area contributed by atoms with E-state index in [9.17, 15) is 9.50 Å². The fraction of sp³-hybridized carbons (Fsp3) is 0.571. The molecule has 2 nitrogen and oxygen atoms in total. The van der Waals surface area contributed by atoms with Crippen LogP contribution >= 0.6 is 15.9 Å². The van der Waals surface area contributed by atoms with Gasteiger partial charge in [-0.05, 0) is 43.1 Å². The third-order valence-corrected chi connectivity index (χ3v) is 3.76. The number of aliphatic hydroxyl groups excluding tert-OH is 1.